The molecule has 0 aliphatic carbocycles. The number of benzene rings is 1. The molecule has 3 aromatic heterocycles. The van der Waals surface area contributed by atoms with Crippen molar-refractivity contribution in [3.8, 4) is 5.69 Å². The lowest BCUT2D eigenvalue weighted by atomic mass is 10.2. The molecule has 23 heavy (non-hydrogen) atoms. The maximum atomic E-state index is 4.33. The van der Waals surface area contributed by atoms with Gasteiger partial charge in [-0.2, -0.15) is 14.6 Å². The lowest BCUT2D eigenvalue weighted by Crippen LogP contribution is -2.07. The number of rotatable bonds is 4. The average molecular weight is 305 g/mol. The van der Waals surface area contributed by atoms with Crippen LogP contribution in [-0.2, 0) is 6.54 Å². The minimum absolute atomic E-state index is 0.600. The quantitative estimate of drug-likeness (QED) is 0.626. The lowest BCUT2D eigenvalue weighted by Gasteiger charge is -2.09. The molecule has 0 fully saturated rings. The number of nitrogens with one attached hydrogen (secondary N) is 1. The van der Waals surface area contributed by atoms with Crippen molar-refractivity contribution >= 4 is 11.6 Å². The van der Waals surface area contributed by atoms with Gasteiger partial charge in [-0.3, -0.25) is 0 Å². The van der Waals surface area contributed by atoms with E-state index in [0.717, 1.165) is 17.2 Å². The molecule has 7 nitrogen and oxygen atoms in total. The smallest absolute Gasteiger partial charge is 0.254 e. The molecule has 0 saturated carbocycles. The van der Waals surface area contributed by atoms with Crippen LogP contribution >= 0.6 is 0 Å². The van der Waals surface area contributed by atoms with Gasteiger partial charge in [0.25, 0.3) is 5.78 Å². The molecule has 0 amide bonds. The second-order valence-corrected chi connectivity index (χ2v) is 5.24. The number of aryl methyl sites for hydroxylation is 1. The van der Waals surface area contributed by atoms with Crippen molar-refractivity contribution < 1.29 is 0 Å². The Morgan fingerprint density at radius 3 is 2.83 bits per heavy atom. The van der Waals surface area contributed by atoms with Gasteiger partial charge >= 0.3 is 0 Å². The van der Waals surface area contributed by atoms with E-state index >= 15 is 0 Å². The molecule has 1 aromatic carbocycles. The number of anilines is 1. The molecule has 0 radical (unpaired) electrons. The Balaban J connectivity index is 1.53. The van der Waals surface area contributed by atoms with Gasteiger partial charge in [0, 0.05) is 36.4 Å². The summed E-state index contributed by atoms with van der Waals surface area (Å²) >= 11 is 0. The topological polar surface area (TPSA) is 72.9 Å². The molecule has 1 N–H and O–H groups in total. The predicted molar refractivity (Wildman–Crippen MR) is 86.4 cm³/mol. The summed E-state index contributed by atoms with van der Waals surface area (Å²) in [5, 5.41) is 7.58. The summed E-state index contributed by atoms with van der Waals surface area (Å²) in [6.45, 7) is 2.64. The monoisotopic (exact) mass is 305 g/mol. The molecule has 7 heteroatoms. The van der Waals surface area contributed by atoms with Crippen LogP contribution in [0.15, 0.2) is 55.4 Å². The minimum Gasteiger partial charge on any atom is -0.366 e. The molecule has 0 aliphatic heterocycles. The summed E-state index contributed by atoms with van der Waals surface area (Å²) in [4.78, 5) is 12.5. The summed E-state index contributed by atoms with van der Waals surface area (Å²) in [5.41, 5.74) is 3.17. The van der Waals surface area contributed by atoms with Gasteiger partial charge in [-0.1, -0.05) is 12.1 Å². The Morgan fingerprint density at radius 2 is 2.04 bits per heavy atom. The Kier molecular flexibility index (Phi) is 3.23. The van der Waals surface area contributed by atoms with E-state index in [0.29, 0.717) is 12.3 Å². The molecule has 0 unspecified atom stereocenters. The normalized spacial score (nSPS) is 11.0. The van der Waals surface area contributed by atoms with Gasteiger partial charge in [0.1, 0.15) is 12.1 Å². The fraction of sp³-hybridized carbons (Fsp3) is 0.125. The highest BCUT2D eigenvalue weighted by molar-refractivity contribution is 5.45. The largest absolute Gasteiger partial charge is 0.366 e. The van der Waals surface area contributed by atoms with E-state index in [1.807, 2.05) is 23.8 Å². The van der Waals surface area contributed by atoms with E-state index in [2.05, 4.69) is 49.6 Å². The van der Waals surface area contributed by atoms with Gasteiger partial charge in [-0.25, -0.2) is 9.97 Å². The standard InChI is InChI=1S/C16H15N7/c1-12-8-15(23-16(21-12)19-10-20-23)18-9-13-2-4-14(5-3-13)22-7-6-17-11-22/h2-8,10-11,18H,9H2,1H3. The van der Waals surface area contributed by atoms with E-state index in [1.54, 1.807) is 17.0 Å². The number of hydrogen-bond donors (Lipinski definition) is 1. The van der Waals surface area contributed by atoms with Crippen LogP contribution in [0.2, 0.25) is 0 Å². The Morgan fingerprint density at radius 1 is 1.17 bits per heavy atom. The van der Waals surface area contributed by atoms with Gasteiger partial charge < -0.3 is 9.88 Å². The van der Waals surface area contributed by atoms with Crippen LogP contribution in [-0.4, -0.2) is 29.1 Å². The van der Waals surface area contributed by atoms with Crippen molar-refractivity contribution in [3.05, 3.63) is 66.6 Å². The zero-order chi connectivity index (χ0) is 15.6. The summed E-state index contributed by atoms with van der Waals surface area (Å²) in [5.74, 6) is 1.48. The van der Waals surface area contributed by atoms with Crippen molar-refractivity contribution in [1.82, 2.24) is 29.1 Å². The van der Waals surface area contributed by atoms with E-state index in [-0.39, 0.29) is 0 Å². The number of fused-ring (bicyclic) bond motifs is 1. The number of aromatic nitrogens is 6. The van der Waals surface area contributed by atoms with Crippen LogP contribution in [0, 0.1) is 6.92 Å². The minimum atomic E-state index is 0.600. The highest BCUT2D eigenvalue weighted by Gasteiger charge is 2.05. The second-order valence-electron chi connectivity index (χ2n) is 5.24. The van der Waals surface area contributed by atoms with E-state index in [4.69, 9.17) is 0 Å². The molecule has 0 saturated heterocycles. The van der Waals surface area contributed by atoms with E-state index < -0.39 is 0 Å². The van der Waals surface area contributed by atoms with Gasteiger partial charge in [0.2, 0.25) is 0 Å². The van der Waals surface area contributed by atoms with Crippen LogP contribution in [0.25, 0.3) is 11.5 Å². The van der Waals surface area contributed by atoms with Gasteiger partial charge in [0.15, 0.2) is 0 Å². The molecule has 4 rings (SSSR count). The Labute approximate surface area is 132 Å². The van der Waals surface area contributed by atoms with Crippen molar-refractivity contribution in [2.45, 2.75) is 13.5 Å². The maximum Gasteiger partial charge on any atom is 0.254 e. The van der Waals surface area contributed by atoms with Crippen molar-refractivity contribution in [2.24, 2.45) is 0 Å². The summed E-state index contributed by atoms with van der Waals surface area (Å²) in [6, 6.07) is 10.3. The first-order valence-electron chi connectivity index (χ1n) is 7.28. The molecular weight excluding hydrogens is 290 g/mol. The third-order valence-corrected chi connectivity index (χ3v) is 3.59. The van der Waals surface area contributed by atoms with Crippen molar-refractivity contribution in [1.29, 1.82) is 0 Å². The molecular formula is C16H15N7. The van der Waals surface area contributed by atoms with Crippen LogP contribution in [0.1, 0.15) is 11.3 Å². The molecule has 114 valence electrons. The summed E-state index contributed by atoms with van der Waals surface area (Å²) < 4.78 is 3.68. The van der Waals surface area contributed by atoms with E-state index in [1.165, 1.54) is 11.9 Å². The second kappa shape index (κ2) is 5.53. The van der Waals surface area contributed by atoms with Crippen LogP contribution in [0.4, 0.5) is 5.82 Å². The molecule has 0 atom stereocenters. The number of hydrogen-bond acceptors (Lipinski definition) is 5. The number of imidazole rings is 1. The average Bonchev–Trinajstić information content (AvgIpc) is 3.24. The molecule has 0 spiro atoms. The first-order chi connectivity index (χ1) is 11.3. The predicted octanol–water partition coefficient (Wildman–Crippen LogP) is 2.23. The summed E-state index contributed by atoms with van der Waals surface area (Å²) in [6.07, 6.45) is 6.99. The van der Waals surface area contributed by atoms with Gasteiger partial charge in [-0.15, -0.1) is 0 Å². The molecule has 0 aliphatic rings. The first kappa shape index (κ1) is 13.4. The Hall–Kier alpha value is -3.22. The molecule has 3 heterocycles. The van der Waals surface area contributed by atoms with Gasteiger partial charge in [-0.05, 0) is 24.6 Å². The highest BCUT2D eigenvalue weighted by atomic mass is 15.3. The third-order valence-electron chi connectivity index (χ3n) is 3.59. The third kappa shape index (κ3) is 2.64. The van der Waals surface area contributed by atoms with Crippen LogP contribution in [0.5, 0.6) is 0 Å². The summed E-state index contributed by atoms with van der Waals surface area (Å²) in [7, 11) is 0. The maximum absolute atomic E-state index is 4.33. The highest BCUT2D eigenvalue weighted by Crippen LogP contribution is 2.13. The fourth-order valence-corrected chi connectivity index (χ4v) is 2.45. The fourth-order valence-electron chi connectivity index (χ4n) is 2.45. The molecule has 0 bridgehead atoms. The zero-order valence-electron chi connectivity index (χ0n) is 12.6. The van der Waals surface area contributed by atoms with E-state index in [9.17, 15) is 0 Å². The number of nitrogens with zero attached hydrogens (tertiary/aromatic N) is 6. The van der Waals surface area contributed by atoms with Crippen molar-refractivity contribution in [2.75, 3.05) is 5.32 Å². The SMILES string of the molecule is Cc1cc(NCc2ccc(-n3ccnc3)cc2)n2ncnc2n1. The van der Waals surface area contributed by atoms with Crippen LogP contribution in [0.3, 0.4) is 0 Å². The lowest BCUT2D eigenvalue weighted by molar-refractivity contribution is 0.916. The van der Waals surface area contributed by atoms with Crippen LogP contribution < -0.4 is 5.32 Å². The Bertz CT molecular complexity index is 923. The van der Waals surface area contributed by atoms with Gasteiger partial charge in [0.05, 0.1) is 6.33 Å². The van der Waals surface area contributed by atoms with Crippen molar-refractivity contribution in [3.63, 3.8) is 0 Å². The first-order valence-corrected chi connectivity index (χ1v) is 7.28. The zero-order valence-corrected chi connectivity index (χ0v) is 12.6. The molecule has 4 aromatic rings.